The Morgan fingerprint density at radius 3 is 2.41 bits per heavy atom. The molecule has 0 aliphatic heterocycles. The zero-order valence-corrected chi connectivity index (χ0v) is 11.6. The third kappa shape index (κ3) is 3.25. The van der Waals surface area contributed by atoms with Crippen molar-refractivity contribution in [3.8, 4) is 17.4 Å². The third-order valence-corrected chi connectivity index (χ3v) is 2.93. The van der Waals surface area contributed by atoms with E-state index in [9.17, 15) is 13.2 Å². The number of imidazole rings is 1. The molecule has 22 heavy (non-hydrogen) atoms. The Hall–Kier alpha value is -2.41. The van der Waals surface area contributed by atoms with E-state index < -0.39 is 6.36 Å². The Bertz CT molecular complexity index is 800. The minimum atomic E-state index is -4.72. The molecule has 1 aromatic carbocycles. The minimum absolute atomic E-state index is 0.321. The minimum Gasteiger partial charge on any atom is -0.440 e. The molecule has 2 heterocycles. The summed E-state index contributed by atoms with van der Waals surface area (Å²) in [6, 6.07) is 8.30. The van der Waals surface area contributed by atoms with Gasteiger partial charge in [0.1, 0.15) is 17.1 Å². The summed E-state index contributed by atoms with van der Waals surface area (Å²) < 4.78 is 47.3. The van der Waals surface area contributed by atoms with Crippen LogP contribution in [0.4, 0.5) is 13.2 Å². The lowest BCUT2D eigenvalue weighted by Crippen LogP contribution is -2.16. The van der Waals surface area contributed by atoms with Crippen LogP contribution in [0, 0.1) is 0 Å². The molecule has 4 nitrogen and oxygen atoms in total. The molecule has 3 aromatic rings. The molecule has 0 spiro atoms. The predicted molar refractivity (Wildman–Crippen MR) is 73.4 cm³/mol. The van der Waals surface area contributed by atoms with Crippen molar-refractivity contribution in [3.63, 3.8) is 0 Å². The van der Waals surface area contributed by atoms with E-state index in [0.717, 1.165) is 0 Å². The van der Waals surface area contributed by atoms with Gasteiger partial charge >= 0.3 is 6.36 Å². The van der Waals surface area contributed by atoms with Gasteiger partial charge in [-0.1, -0.05) is 11.6 Å². The number of hydrogen-bond acceptors (Lipinski definition) is 3. The number of halogens is 4. The first-order valence-electron chi connectivity index (χ1n) is 6.07. The van der Waals surface area contributed by atoms with Crippen LogP contribution in [0.1, 0.15) is 0 Å². The fraction of sp³-hybridized carbons (Fsp3) is 0.0714. The van der Waals surface area contributed by atoms with E-state index in [4.69, 9.17) is 16.3 Å². The van der Waals surface area contributed by atoms with Gasteiger partial charge in [-0.25, -0.2) is 4.98 Å². The molecule has 0 radical (unpaired) electrons. The molecule has 3 rings (SSSR count). The van der Waals surface area contributed by atoms with Crippen molar-refractivity contribution in [2.75, 3.05) is 0 Å². The molecule has 0 atom stereocenters. The Morgan fingerprint density at radius 2 is 1.73 bits per heavy atom. The van der Waals surface area contributed by atoms with E-state index in [1.807, 2.05) is 0 Å². The van der Waals surface area contributed by atoms with Gasteiger partial charge in [-0.3, -0.25) is 4.40 Å². The van der Waals surface area contributed by atoms with Crippen molar-refractivity contribution in [1.29, 1.82) is 0 Å². The van der Waals surface area contributed by atoms with Gasteiger partial charge in [0, 0.05) is 29.5 Å². The van der Waals surface area contributed by atoms with E-state index in [1.165, 1.54) is 24.3 Å². The van der Waals surface area contributed by atoms with Crippen molar-refractivity contribution < 1.29 is 22.6 Å². The van der Waals surface area contributed by atoms with Crippen LogP contribution in [0.3, 0.4) is 0 Å². The van der Waals surface area contributed by atoms with Gasteiger partial charge in [0.25, 0.3) is 0 Å². The topological polar surface area (TPSA) is 35.8 Å². The maximum absolute atomic E-state index is 12.1. The highest BCUT2D eigenvalue weighted by atomic mass is 35.5. The number of rotatable bonds is 3. The van der Waals surface area contributed by atoms with Crippen LogP contribution in [-0.4, -0.2) is 15.7 Å². The van der Waals surface area contributed by atoms with Crippen LogP contribution in [0.2, 0.25) is 5.02 Å². The Balaban J connectivity index is 1.84. The number of nitrogens with zero attached hydrogens (tertiary/aromatic N) is 2. The van der Waals surface area contributed by atoms with Gasteiger partial charge in [0.15, 0.2) is 0 Å². The van der Waals surface area contributed by atoms with Crippen molar-refractivity contribution >= 4 is 17.2 Å². The van der Waals surface area contributed by atoms with Gasteiger partial charge in [-0.2, -0.15) is 0 Å². The first kappa shape index (κ1) is 14.5. The largest absolute Gasteiger partial charge is 0.573 e. The fourth-order valence-corrected chi connectivity index (χ4v) is 2.06. The van der Waals surface area contributed by atoms with E-state index in [-0.39, 0.29) is 5.75 Å². The van der Waals surface area contributed by atoms with Gasteiger partial charge in [-0.15, -0.1) is 13.2 Å². The molecule has 0 bridgehead atoms. The summed E-state index contributed by atoms with van der Waals surface area (Å²) >= 11 is 5.97. The Kier molecular flexibility index (Phi) is 3.58. The molecule has 0 unspecified atom stereocenters. The van der Waals surface area contributed by atoms with Crippen LogP contribution in [0.25, 0.3) is 5.65 Å². The average molecular weight is 329 g/mol. The molecule has 8 heteroatoms. The van der Waals surface area contributed by atoms with Gasteiger partial charge in [0.2, 0.25) is 5.88 Å². The molecule has 0 saturated heterocycles. The lowest BCUT2D eigenvalue weighted by Gasteiger charge is -2.11. The van der Waals surface area contributed by atoms with Crippen LogP contribution < -0.4 is 9.47 Å². The van der Waals surface area contributed by atoms with Gasteiger partial charge in [0.05, 0.1) is 0 Å². The fourth-order valence-electron chi connectivity index (χ4n) is 1.87. The summed E-state index contributed by atoms with van der Waals surface area (Å²) in [5.74, 6) is 0.412. The summed E-state index contributed by atoms with van der Waals surface area (Å²) in [5.41, 5.74) is 0.597. The number of ether oxygens (including phenoxy) is 2. The van der Waals surface area contributed by atoms with E-state index in [1.54, 1.807) is 28.9 Å². The number of benzene rings is 1. The van der Waals surface area contributed by atoms with Crippen molar-refractivity contribution in [2.24, 2.45) is 0 Å². The molecule has 2 aromatic heterocycles. The van der Waals surface area contributed by atoms with E-state index in [2.05, 4.69) is 9.72 Å². The molecule has 0 aliphatic carbocycles. The lowest BCUT2D eigenvalue weighted by molar-refractivity contribution is -0.274. The molecule has 0 saturated carbocycles. The summed E-state index contributed by atoms with van der Waals surface area (Å²) in [7, 11) is 0. The molecular weight excluding hydrogens is 321 g/mol. The van der Waals surface area contributed by atoms with E-state index in [0.29, 0.717) is 22.3 Å². The highest BCUT2D eigenvalue weighted by molar-refractivity contribution is 6.31. The second kappa shape index (κ2) is 5.42. The molecule has 0 amide bonds. The molecule has 0 aliphatic rings. The number of hydrogen-bond donors (Lipinski definition) is 0. The first-order chi connectivity index (χ1) is 10.4. The maximum atomic E-state index is 12.1. The average Bonchev–Trinajstić information content (AvgIpc) is 2.87. The SMILES string of the molecule is FC(F)(F)Oc1ccc(Oc2cc(Cl)cc3nccn23)cc1. The number of pyridine rings is 1. The zero-order valence-electron chi connectivity index (χ0n) is 10.8. The number of fused-ring (bicyclic) bond motifs is 1. The van der Waals surface area contributed by atoms with Crippen molar-refractivity contribution in [3.05, 3.63) is 53.8 Å². The second-order valence-corrected chi connectivity index (χ2v) is 4.72. The predicted octanol–water partition coefficient (Wildman–Crippen LogP) is 4.68. The van der Waals surface area contributed by atoms with Crippen molar-refractivity contribution in [1.82, 2.24) is 9.38 Å². The standard InChI is InChI=1S/C14H8ClF3N2O2/c15-9-7-12-19-5-6-20(12)13(8-9)21-10-1-3-11(4-2-10)22-14(16,17)18/h1-8H. The van der Waals surface area contributed by atoms with Crippen LogP contribution >= 0.6 is 11.6 Å². The van der Waals surface area contributed by atoms with Crippen molar-refractivity contribution in [2.45, 2.75) is 6.36 Å². The molecule has 0 fully saturated rings. The van der Waals surface area contributed by atoms with Crippen LogP contribution in [0.15, 0.2) is 48.8 Å². The van der Waals surface area contributed by atoms with E-state index >= 15 is 0 Å². The molecule has 0 N–H and O–H groups in total. The smallest absolute Gasteiger partial charge is 0.440 e. The Morgan fingerprint density at radius 1 is 1.05 bits per heavy atom. The molecular formula is C14H8ClF3N2O2. The van der Waals surface area contributed by atoms with Crippen LogP contribution in [0.5, 0.6) is 17.4 Å². The maximum Gasteiger partial charge on any atom is 0.573 e. The summed E-state index contributed by atoms with van der Waals surface area (Å²) in [6.45, 7) is 0. The van der Waals surface area contributed by atoms with Gasteiger partial charge < -0.3 is 9.47 Å². The normalized spacial score (nSPS) is 11.6. The number of alkyl halides is 3. The quantitative estimate of drug-likeness (QED) is 0.700. The summed E-state index contributed by atoms with van der Waals surface area (Å²) in [5, 5.41) is 0.436. The highest BCUT2D eigenvalue weighted by Crippen LogP contribution is 2.29. The summed E-state index contributed by atoms with van der Waals surface area (Å²) in [6.07, 6.45) is -1.46. The van der Waals surface area contributed by atoms with Crippen LogP contribution in [-0.2, 0) is 0 Å². The number of aromatic nitrogens is 2. The zero-order chi connectivity index (χ0) is 15.7. The monoisotopic (exact) mass is 328 g/mol. The molecule has 114 valence electrons. The second-order valence-electron chi connectivity index (χ2n) is 4.29. The highest BCUT2D eigenvalue weighted by Gasteiger charge is 2.30. The van der Waals surface area contributed by atoms with Gasteiger partial charge in [-0.05, 0) is 24.3 Å². The third-order valence-electron chi connectivity index (χ3n) is 2.71. The first-order valence-corrected chi connectivity index (χ1v) is 6.45. The Labute approximate surface area is 127 Å². The summed E-state index contributed by atoms with van der Waals surface area (Å²) in [4.78, 5) is 4.09. The lowest BCUT2D eigenvalue weighted by atomic mass is 10.3.